The Morgan fingerprint density at radius 2 is 0.800 bits per heavy atom. The highest BCUT2D eigenvalue weighted by Crippen LogP contribution is 2.55. The fraction of sp³-hybridized carbons (Fsp3) is 0.222. The molecule has 0 aromatic heterocycles. The second-order valence-electron chi connectivity index (χ2n) is 10.6. The van der Waals surface area contributed by atoms with Crippen molar-refractivity contribution in [2.45, 2.75) is 0 Å². The SMILES string of the molecule is COc1ccc(C(=O)C(=O)c2cc(-c3cc(C(=O)C(=O)c4ccc(OC)c(OC)c4)c4c(c3OC)OCO4)c(OC)c3c2OCO3)cc1OC. The molecule has 0 bridgehead atoms. The van der Waals surface area contributed by atoms with E-state index < -0.39 is 23.1 Å². The lowest BCUT2D eigenvalue weighted by molar-refractivity contribution is 0.0814. The predicted molar refractivity (Wildman–Crippen MR) is 174 cm³/mol. The van der Waals surface area contributed by atoms with Crippen molar-refractivity contribution in [1.82, 2.24) is 0 Å². The number of Topliss-reactive ketones (excluding diaryl/α,β-unsaturated/α-hetero) is 4. The van der Waals surface area contributed by atoms with Crippen LogP contribution in [0.3, 0.4) is 0 Å². The zero-order valence-corrected chi connectivity index (χ0v) is 27.7. The quantitative estimate of drug-likeness (QED) is 0.137. The Bertz CT molecular complexity index is 1920. The second-order valence-corrected chi connectivity index (χ2v) is 10.6. The third kappa shape index (κ3) is 5.49. The van der Waals surface area contributed by atoms with E-state index in [0.717, 1.165) is 0 Å². The van der Waals surface area contributed by atoms with E-state index in [1.165, 1.54) is 91.2 Å². The van der Waals surface area contributed by atoms with Crippen molar-refractivity contribution < 1.29 is 66.5 Å². The molecule has 0 spiro atoms. The second kappa shape index (κ2) is 13.6. The maximum absolute atomic E-state index is 13.9. The molecule has 4 aromatic carbocycles. The number of methoxy groups -OCH3 is 6. The molecule has 0 N–H and O–H groups in total. The van der Waals surface area contributed by atoms with Gasteiger partial charge >= 0.3 is 0 Å². The molecule has 2 aliphatic heterocycles. The largest absolute Gasteiger partial charge is 0.493 e. The smallest absolute Gasteiger partial charge is 0.237 e. The van der Waals surface area contributed by atoms with Crippen LogP contribution >= 0.6 is 0 Å². The summed E-state index contributed by atoms with van der Waals surface area (Å²) in [6.07, 6.45) is 0. The standard InChI is InChI=1S/C36H30O14/c1-41-23-9-7-17(11-25(23)43-3)27(37)29(39)21-13-19(31(45-5)35-33(21)47-15-49-35)20-14-22(34-36(32(20)46-6)50-16-48-34)30(40)28(38)18-8-10-24(42-2)26(12-18)44-4/h7-14H,15-16H2,1-6H3. The van der Waals surface area contributed by atoms with Gasteiger partial charge in [0.1, 0.15) is 0 Å². The molecule has 4 aromatic rings. The van der Waals surface area contributed by atoms with Crippen LogP contribution < -0.4 is 47.4 Å². The van der Waals surface area contributed by atoms with Crippen molar-refractivity contribution >= 4 is 23.1 Å². The number of hydrogen-bond acceptors (Lipinski definition) is 14. The Hall–Kier alpha value is -6.44. The molecule has 14 nitrogen and oxygen atoms in total. The summed E-state index contributed by atoms with van der Waals surface area (Å²) in [5.41, 5.74) is 0.0370. The summed E-state index contributed by atoms with van der Waals surface area (Å²) in [7, 11) is 8.42. The topological polar surface area (TPSA) is 161 Å². The molecule has 0 unspecified atom stereocenters. The molecular weight excluding hydrogens is 656 g/mol. The van der Waals surface area contributed by atoms with Gasteiger partial charge in [-0.15, -0.1) is 0 Å². The number of hydrogen-bond donors (Lipinski definition) is 0. The van der Waals surface area contributed by atoms with Crippen LogP contribution in [0.2, 0.25) is 0 Å². The van der Waals surface area contributed by atoms with Crippen molar-refractivity contribution in [2.75, 3.05) is 56.2 Å². The van der Waals surface area contributed by atoms with Gasteiger partial charge in [0.2, 0.25) is 48.2 Å². The fourth-order valence-corrected chi connectivity index (χ4v) is 5.69. The van der Waals surface area contributed by atoms with E-state index in [4.69, 9.17) is 47.4 Å². The van der Waals surface area contributed by atoms with Gasteiger partial charge in [-0.05, 0) is 48.5 Å². The molecule has 258 valence electrons. The van der Waals surface area contributed by atoms with Crippen LogP contribution in [0.5, 0.6) is 57.5 Å². The van der Waals surface area contributed by atoms with Crippen molar-refractivity contribution in [3.8, 4) is 68.6 Å². The lowest BCUT2D eigenvalue weighted by Gasteiger charge is -2.18. The zero-order chi connectivity index (χ0) is 35.7. The van der Waals surface area contributed by atoms with Crippen LogP contribution in [0.1, 0.15) is 41.4 Å². The number of carbonyl (C=O) groups excluding carboxylic acids is 4. The summed E-state index contributed by atoms with van der Waals surface area (Å²) in [5.74, 6) is -2.22. The molecule has 2 heterocycles. The Morgan fingerprint density at radius 3 is 1.14 bits per heavy atom. The van der Waals surface area contributed by atoms with Gasteiger partial charge in [-0.1, -0.05) is 0 Å². The van der Waals surface area contributed by atoms with E-state index in [0.29, 0.717) is 11.5 Å². The maximum Gasteiger partial charge on any atom is 0.237 e. The number of carbonyl (C=O) groups is 4. The van der Waals surface area contributed by atoms with Gasteiger partial charge in [0.05, 0.1) is 53.8 Å². The van der Waals surface area contributed by atoms with E-state index in [-0.39, 0.29) is 93.0 Å². The van der Waals surface area contributed by atoms with Crippen LogP contribution in [-0.4, -0.2) is 79.4 Å². The van der Waals surface area contributed by atoms with Crippen LogP contribution in [0.25, 0.3) is 11.1 Å². The lowest BCUT2D eigenvalue weighted by Crippen LogP contribution is -2.16. The Balaban J connectivity index is 1.51. The van der Waals surface area contributed by atoms with Gasteiger partial charge in [-0.2, -0.15) is 0 Å². The highest BCUT2D eigenvalue weighted by atomic mass is 16.7. The molecular formula is C36H30O14. The Kier molecular flexibility index (Phi) is 9.09. The summed E-state index contributed by atoms with van der Waals surface area (Å²) in [6.45, 7) is -0.552. The highest BCUT2D eigenvalue weighted by molar-refractivity contribution is 6.50. The van der Waals surface area contributed by atoms with Crippen LogP contribution in [0.15, 0.2) is 48.5 Å². The van der Waals surface area contributed by atoms with Gasteiger partial charge < -0.3 is 47.4 Å². The van der Waals surface area contributed by atoms with E-state index in [9.17, 15) is 19.2 Å². The number of rotatable bonds is 13. The summed E-state index contributed by atoms with van der Waals surface area (Å²) in [4.78, 5) is 55.0. The Labute approximate surface area is 285 Å². The van der Waals surface area contributed by atoms with Gasteiger partial charge in [0.15, 0.2) is 46.0 Å². The van der Waals surface area contributed by atoms with Crippen LogP contribution in [0.4, 0.5) is 0 Å². The van der Waals surface area contributed by atoms with E-state index in [1.54, 1.807) is 0 Å². The highest BCUT2D eigenvalue weighted by Gasteiger charge is 2.37. The molecule has 0 atom stereocenters. The van der Waals surface area contributed by atoms with Gasteiger partial charge in [0, 0.05) is 22.3 Å². The van der Waals surface area contributed by atoms with Crippen LogP contribution in [0, 0.1) is 0 Å². The molecule has 6 rings (SSSR count). The first-order chi connectivity index (χ1) is 24.2. The van der Waals surface area contributed by atoms with E-state index in [2.05, 4.69) is 0 Å². The molecule has 0 saturated carbocycles. The predicted octanol–water partition coefficient (Wildman–Crippen LogP) is 4.99. The van der Waals surface area contributed by atoms with Crippen molar-refractivity contribution in [3.63, 3.8) is 0 Å². The molecule has 2 aliphatic rings. The minimum Gasteiger partial charge on any atom is -0.493 e. The number of ether oxygens (including phenoxy) is 10. The monoisotopic (exact) mass is 686 g/mol. The first-order valence-electron chi connectivity index (χ1n) is 14.8. The van der Waals surface area contributed by atoms with Gasteiger partial charge in [0.25, 0.3) is 0 Å². The number of ketones is 4. The number of fused-ring (bicyclic) bond motifs is 2. The number of benzene rings is 4. The molecule has 0 amide bonds. The average molecular weight is 687 g/mol. The molecule has 0 fully saturated rings. The van der Waals surface area contributed by atoms with Gasteiger partial charge in [-0.3, -0.25) is 19.2 Å². The average Bonchev–Trinajstić information content (AvgIpc) is 3.86. The molecule has 0 radical (unpaired) electrons. The molecule has 0 saturated heterocycles. The zero-order valence-electron chi connectivity index (χ0n) is 27.7. The third-order valence-corrected chi connectivity index (χ3v) is 8.09. The van der Waals surface area contributed by atoms with Crippen molar-refractivity contribution in [3.05, 3.63) is 70.8 Å². The normalized spacial score (nSPS) is 12.2. The molecule has 0 aliphatic carbocycles. The van der Waals surface area contributed by atoms with Crippen molar-refractivity contribution in [1.29, 1.82) is 0 Å². The molecule has 14 heteroatoms. The van der Waals surface area contributed by atoms with E-state index >= 15 is 0 Å². The van der Waals surface area contributed by atoms with E-state index in [1.807, 2.05) is 0 Å². The summed E-state index contributed by atoms with van der Waals surface area (Å²) >= 11 is 0. The fourth-order valence-electron chi connectivity index (χ4n) is 5.69. The Morgan fingerprint density at radius 1 is 0.440 bits per heavy atom. The summed E-state index contributed by atoms with van der Waals surface area (Å²) < 4.78 is 55.3. The van der Waals surface area contributed by atoms with Gasteiger partial charge in [-0.25, -0.2) is 0 Å². The lowest BCUT2D eigenvalue weighted by atomic mass is 9.91. The summed E-state index contributed by atoms with van der Waals surface area (Å²) in [6, 6.07) is 11.3. The first-order valence-corrected chi connectivity index (χ1v) is 14.8. The minimum atomic E-state index is -0.942. The third-order valence-electron chi connectivity index (χ3n) is 8.09. The summed E-state index contributed by atoms with van der Waals surface area (Å²) in [5, 5.41) is 0. The van der Waals surface area contributed by atoms with Crippen molar-refractivity contribution in [2.24, 2.45) is 0 Å². The minimum absolute atomic E-state index is 0.0240. The van der Waals surface area contributed by atoms with Crippen LogP contribution in [-0.2, 0) is 0 Å². The molecule has 50 heavy (non-hydrogen) atoms. The maximum atomic E-state index is 13.9. The first kappa shape index (κ1) is 33.5.